The number of aromatic nitrogens is 2. The highest BCUT2D eigenvalue weighted by molar-refractivity contribution is 5.51. The maximum atomic E-state index is 4.24. The van der Waals surface area contributed by atoms with Crippen LogP contribution >= 0.6 is 0 Å². The van der Waals surface area contributed by atoms with E-state index >= 15 is 0 Å². The highest BCUT2D eigenvalue weighted by Gasteiger charge is 1.98. The molecule has 0 atom stereocenters. The second-order valence-corrected chi connectivity index (χ2v) is 5.10. The van der Waals surface area contributed by atoms with Crippen molar-refractivity contribution in [1.29, 1.82) is 0 Å². The van der Waals surface area contributed by atoms with Crippen molar-refractivity contribution in [2.24, 2.45) is 0 Å². The van der Waals surface area contributed by atoms with E-state index < -0.39 is 0 Å². The molecule has 0 saturated carbocycles. The Kier molecular flexibility index (Phi) is 4.67. The van der Waals surface area contributed by atoms with Gasteiger partial charge in [0.2, 0.25) is 0 Å². The first-order valence-corrected chi connectivity index (χ1v) is 7.43. The van der Waals surface area contributed by atoms with E-state index in [2.05, 4.69) is 63.8 Å². The Morgan fingerprint density at radius 3 is 2.55 bits per heavy atom. The minimum atomic E-state index is 0.812. The van der Waals surface area contributed by atoms with E-state index in [9.17, 15) is 0 Å². The molecule has 2 N–H and O–H groups in total. The molecular weight excluding hydrogens is 270 g/mol. The fraction of sp³-hybridized carbons (Fsp3) is 0.105. The minimum Gasteiger partial charge on any atom is -0.382 e. The van der Waals surface area contributed by atoms with Gasteiger partial charge in [-0.1, -0.05) is 54.6 Å². The Labute approximate surface area is 130 Å². The summed E-state index contributed by atoms with van der Waals surface area (Å²) in [5.74, 6) is 0.992. The lowest BCUT2D eigenvalue weighted by molar-refractivity contribution is 1.03. The Bertz CT molecular complexity index is 698. The van der Waals surface area contributed by atoms with Gasteiger partial charge in [-0.2, -0.15) is 0 Å². The molecule has 3 heteroatoms. The molecule has 0 aliphatic heterocycles. The quantitative estimate of drug-likeness (QED) is 0.716. The number of hydrogen-bond acceptors (Lipinski definition) is 2. The van der Waals surface area contributed by atoms with Crippen molar-refractivity contribution in [2.75, 3.05) is 11.9 Å². The zero-order valence-electron chi connectivity index (χ0n) is 12.4. The Morgan fingerprint density at radius 2 is 1.82 bits per heavy atom. The summed E-state index contributed by atoms with van der Waals surface area (Å²) in [7, 11) is 0. The lowest BCUT2D eigenvalue weighted by Gasteiger charge is -2.05. The molecule has 0 radical (unpaired) electrons. The zero-order chi connectivity index (χ0) is 15.0. The molecule has 110 valence electrons. The highest BCUT2D eigenvalue weighted by Crippen LogP contribution is 2.12. The molecule has 0 spiro atoms. The lowest BCUT2D eigenvalue weighted by Crippen LogP contribution is -1.98. The van der Waals surface area contributed by atoms with Crippen LogP contribution in [-0.4, -0.2) is 16.5 Å². The Hall–Kier alpha value is -2.81. The van der Waals surface area contributed by atoms with Gasteiger partial charge in [0.05, 0.1) is 0 Å². The number of hydrogen-bond donors (Lipinski definition) is 2. The molecule has 0 fully saturated rings. The Balaban J connectivity index is 1.50. The molecule has 1 heterocycles. The molecule has 0 unspecified atom stereocenters. The van der Waals surface area contributed by atoms with E-state index in [4.69, 9.17) is 0 Å². The molecule has 0 aliphatic rings. The summed E-state index contributed by atoms with van der Waals surface area (Å²) >= 11 is 0. The van der Waals surface area contributed by atoms with Crippen LogP contribution in [0.25, 0.3) is 6.08 Å². The van der Waals surface area contributed by atoms with E-state index in [0.717, 1.165) is 24.5 Å². The molecule has 0 bridgehead atoms. The van der Waals surface area contributed by atoms with Crippen LogP contribution in [0.3, 0.4) is 0 Å². The third-order valence-corrected chi connectivity index (χ3v) is 3.41. The molecule has 3 aromatic rings. The van der Waals surface area contributed by atoms with Gasteiger partial charge in [0.25, 0.3) is 0 Å². The summed E-state index contributed by atoms with van der Waals surface area (Å²) in [5, 5.41) is 3.39. The summed E-state index contributed by atoms with van der Waals surface area (Å²) in [5.41, 5.74) is 3.60. The highest BCUT2D eigenvalue weighted by atomic mass is 14.9. The average Bonchev–Trinajstić information content (AvgIpc) is 3.07. The number of rotatable bonds is 6. The Morgan fingerprint density at radius 1 is 1.00 bits per heavy atom. The zero-order valence-corrected chi connectivity index (χ0v) is 12.4. The topological polar surface area (TPSA) is 40.7 Å². The lowest BCUT2D eigenvalue weighted by atomic mass is 10.1. The number of benzene rings is 2. The third-order valence-electron chi connectivity index (χ3n) is 3.41. The largest absolute Gasteiger partial charge is 0.382 e. The molecule has 3 nitrogen and oxygen atoms in total. The predicted molar refractivity (Wildman–Crippen MR) is 91.8 cm³/mol. The van der Waals surface area contributed by atoms with Crippen LogP contribution in [0, 0.1) is 0 Å². The van der Waals surface area contributed by atoms with E-state index in [-0.39, 0.29) is 0 Å². The number of H-pyrrole nitrogens is 1. The van der Waals surface area contributed by atoms with Crippen LogP contribution in [-0.2, 0) is 6.42 Å². The van der Waals surface area contributed by atoms with Crippen LogP contribution in [0.4, 0.5) is 5.69 Å². The second-order valence-electron chi connectivity index (χ2n) is 5.10. The summed E-state index contributed by atoms with van der Waals surface area (Å²) in [6.07, 6.45) is 8.72. The molecule has 2 aromatic carbocycles. The van der Waals surface area contributed by atoms with Gasteiger partial charge in [-0.05, 0) is 23.3 Å². The second kappa shape index (κ2) is 7.27. The number of imidazole rings is 1. The number of aromatic amines is 1. The number of anilines is 1. The van der Waals surface area contributed by atoms with Gasteiger partial charge in [0.1, 0.15) is 5.82 Å². The van der Waals surface area contributed by atoms with Gasteiger partial charge >= 0.3 is 0 Å². The van der Waals surface area contributed by atoms with Gasteiger partial charge in [0.15, 0.2) is 0 Å². The van der Waals surface area contributed by atoms with Gasteiger partial charge in [-0.15, -0.1) is 0 Å². The SMILES string of the molecule is C(=C\c1ccccc1)/CNc1ccc(Cc2ncc[nH]2)cc1. The molecule has 3 rings (SSSR count). The van der Waals surface area contributed by atoms with Crippen LogP contribution in [0.2, 0.25) is 0 Å². The first-order valence-electron chi connectivity index (χ1n) is 7.43. The first-order chi connectivity index (χ1) is 10.9. The molecule has 22 heavy (non-hydrogen) atoms. The normalized spacial score (nSPS) is 10.9. The van der Waals surface area contributed by atoms with Crippen molar-refractivity contribution >= 4 is 11.8 Å². The standard InChI is InChI=1S/C19H19N3/c1-2-5-16(6-3-1)7-4-12-20-18-10-8-17(9-11-18)15-19-21-13-14-22-19/h1-11,13-14,20H,12,15H2,(H,21,22)/b7-4+. The molecule has 0 aliphatic carbocycles. The number of nitrogens with zero attached hydrogens (tertiary/aromatic N) is 1. The average molecular weight is 289 g/mol. The minimum absolute atomic E-state index is 0.812. The maximum absolute atomic E-state index is 4.24. The summed E-state index contributed by atoms with van der Waals surface area (Å²) in [4.78, 5) is 7.36. The van der Waals surface area contributed by atoms with Crippen molar-refractivity contribution in [3.05, 3.63) is 90.0 Å². The third kappa shape index (κ3) is 4.09. The monoisotopic (exact) mass is 289 g/mol. The van der Waals surface area contributed by atoms with Crippen molar-refractivity contribution < 1.29 is 0 Å². The van der Waals surface area contributed by atoms with Crippen LogP contribution in [0.1, 0.15) is 17.0 Å². The smallest absolute Gasteiger partial charge is 0.110 e. The van der Waals surface area contributed by atoms with Crippen molar-refractivity contribution in [1.82, 2.24) is 9.97 Å². The van der Waals surface area contributed by atoms with Gasteiger partial charge in [-0.3, -0.25) is 0 Å². The molecular formula is C19H19N3. The van der Waals surface area contributed by atoms with Gasteiger partial charge < -0.3 is 10.3 Å². The van der Waals surface area contributed by atoms with E-state index in [1.54, 1.807) is 6.20 Å². The van der Waals surface area contributed by atoms with Crippen LogP contribution < -0.4 is 5.32 Å². The van der Waals surface area contributed by atoms with E-state index in [1.165, 1.54) is 11.1 Å². The summed E-state index contributed by atoms with van der Waals surface area (Å²) in [6.45, 7) is 0.812. The summed E-state index contributed by atoms with van der Waals surface area (Å²) < 4.78 is 0. The van der Waals surface area contributed by atoms with Crippen molar-refractivity contribution in [3.8, 4) is 0 Å². The fourth-order valence-corrected chi connectivity index (χ4v) is 2.26. The van der Waals surface area contributed by atoms with E-state index in [0.29, 0.717) is 0 Å². The fourth-order valence-electron chi connectivity index (χ4n) is 2.26. The van der Waals surface area contributed by atoms with Gasteiger partial charge in [0, 0.05) is 31.0 Å². The van der Waals surface area contributed by atoms with Crippen LogP contribution in [0.15, 0.2) is 73.1 Å². The molecule has 0 saturated heterocycles. The maximum Gasteiger partial charge on any atom is 0.110 e. The predicted octanol–water partition coefficient (Wildman–Crippen LogP) is 4.13. The first kappa shape index (κ1) is 14.1. The summed E-state index contributed by atoms with van der Waals surface area (Å²) in [6, 6.07) is 18.8. The van der Waals surface area contributed by atoms with Crippen LogP contribution in [0.5, 0.6) is 0 Å². The number of nitrogens with one attached hydrogen (secondary N) is 2. The molecule has 0 amide bonds. The van der Waals surface area contributed by atoms with Crippen molar-refractivity contribution in [3.63, 3.8) is 0 Å². The van der Waals surface area contributed by atoms with Crippen molar-refractivity contribution in [2.45, 2.75) is 6.42 Å². The van der Waals surface area contributed by atoms with E-state index in [1.807, 2.05) is 24.4 Å². The molecule has 1 aromatic heterocycles. The van der Waals surface area contributed by atoms with Gasteiger partial charge in [-0.25, -0.2) is 4.98 Å².